The lowest BCUT2D eigenvalue weighted by molar-refractivity contribution is -0.697. The largest absolute Gasteiger partial charge is 0.205 e. The molecule has 0 aliphatic rings. The summed E-state index contributed by atoms with van der Waals surface area (Å²) in [5.41, 5.74) is 1.54. The van der Waals surface area contributed by atoms with E-state index in [1.54, 1.807) is 0 Å². The van der Waals surface area contributed by atoms with Gasteiger partial charge in [-0.05, 0) is 25.3 Å². The molecule has 1 nitrogen and oxygen atoms in total. The monoisotopic (exact) mass is 543 g/mol. The minimum atomic E-state index is 1.20. The van der Waals surface area contributed by atoms with E-state index in [1.807, 2.05) is 0 Å². The minimum Gasteiger partial charge on any atom is -0.205 e. The van der Waals surface area contributed by atoms with E-state index in [1.165, 1.54) is 205 Å². The van der Waals surface area contributed by atoms with Gasteiger partial charge in [0, 0.05) is 18.1 Å². The highest BCUT2D eigenvalue weighted by atomic mass is 14.9. The van der Waals surface area contributed by atoms with Crippen molar-refractivity contribution in [3.63, 3.8) is 0 Å². The summed E-state index contributed by atoms with van der Waals surface area (Å²) in [6.07, 6.45) is 47.8. The average Bonchev–Trinajstić information content (AvgIpc) is 2.95. The van der Waals surface area contributed by atoms with Gasteiger partial charge in [0.1, 0.15) is 6.54 Å². The van der Waals surface area contributed by atoms with Gasteiger partial charge in [-0.3, -0.25) is 0 Å². The molecule has 0 saturated heterocycles. The Morgan fingerprint density at radius 3 is 1.13 bits per heavy atom. The van der Waals surface area contributed by atoms with Gasteiger partial charge in [0.15, 0.2) is 12.4 Å². The SMILES string of the molecule is CCCCCCCCCCCCCCCCCCc1ccc[n+](CCCCCCCCCCCCCCC)c1. The molecule has 1 aromatic rings. The van der Waals surface area contributed by atoms with Crippen molar-refractivity contribution in [2.45, 2.75) is 213 Å². The van der Waals surface area contributed by atoms with E-state index in [2.05, 4.69) is 42.9 Å². The lowest BCUT2D eigenvalue weighted by atomic mass is 10.0. The van der Waals surface area contributed by atoms with Crippen molar-refractivity contribution in [2.75, 3.05) is 0 Å². The van der Waals surface area contributed by atoms with Gasteiger partial charge in [-0.25, -0.2) is 4.57 Å². The molecule has 0 N–H and O–H groups in total. The van der Waals surface area contributed by atoms with Crippen molar-refractivity contribution >= 4 is 0 Å². The molecule has 39 heavy (non-hydrogen) atoms. The first-order valence-electron chi connectivity index (χ1n) is 18.3. The first-order chi connectivity index (χ1) is 19.4. The molecular weight excluding hydrogens is 470 g/mol. The second kappa shape index (κ2) is 30.1. The number of aryl methyl sites for hydroxylation is 2. The number of hydrogen-bond donors (Lipinski definition) is 0. The van der Waals surface area contributed by atoms with Crippen molar-refractivity contribution in [3.8, 4) is 0 Å². The Labute approximate surface area is 247 Å². The van der Waals surface area contributed by atoms with Crippen LogP contribution in [0.25, 0.3) is 0 Å². The highest BCUT2D eigenvalue weighted by molar-refractivity contribution is 5.05. The first kappa shape index (κ1) is 36.2. The minimum absolute atomic E-state index is 1.20. The van der Waals surface area contributed by atoms with E-state index in [0.29, 0.717) is 0 Å². The van der Waals surface area contributed by atoms with Crippen LogP contribution in [0.4, 0.5) is 0 Å². The van der Waals surface area contributed by atoms with E-state index in [0.717, 1.165) is 0 Å². The number of nitrogens with zero attached hydrogens (tertiary/aromatic N) is 1. The fourth-order valence-electron chi connectivity index (χ4n) is 6.05. The molecule has 0 fully saturated rings. The van der Waals surface area contributed by atoms with Gasteiger partial charge in [-0.1, -0.05) is 181 Å². The molecule has 1 heteroatoms. The number of hydrogen-bond acceptors (Lipinski definition) is 0. The van der Waals surface area contributed by atoms with Gasteiger partial charge in [-0.15, -0.1) is 0 Å². The Morgan fingerprint density at radius 1 is 0.410 bits per heavy atom. The Bertz CT molecular complexity index is 594. The van der Waals surface area contributed by atoms with Gasteiger partial charge in [0.2, 0.25) is 0 Å². The molecule has 0 aliphatic carbocycles. The molecule has 1 aromatic heterocycles. The van der Waals surface area contributed by atoms with Gasteiger partial charge in [0.25, 0.3) is 0 Å². The van der Waals surface area contributed by atoms with Crippen LogP contribution >= 0.6 is 0 Å². The maximum Gasteiger partial charge on any atom is 0.171 e. The molecule has 0 aromatic carbocycles. The summed E-state index contributed by atoms with van der Waals surface area (Å²) in [6.45, 7) is 5.81. The Balaban J connectivity index is 1.86. The van der Waals surface area contributed by atoms with Crippen LogP contribution in [0, 0.1) is 0 Å². The van der Waals surface area contributed by atoms with Crippen LogP contribution < -0.4 is 4.57 Å². The van der Waals surface area contributed by atoms with Crippen molar-refractivity contribution in [2.24, 2.45) is 0 Å². The van der Waals surface area contributed by atoms with E-state index in [4.69, 9.17) is 0 Å². The highest BCUT2D eigenvalue weighted by Gasteiger charge is 2.03. The van der Waals surface area contributed by atoms with Crippen LogP contribution in [0.2, 0.25) is 0 Å². The summed E-state index contributed by atoms with van der Waals surface area (Å²) >= 11 is 0. The van der Waals surface area contributed by atoms with E-state index in [9.17, 15) is 0 Å². The van der Waals surface area contributed by atoms with Crippen molar-refractivity contribution in [1.29, 1.82) is 0 Å². The molecule has 0 aliphatic heterocycles. The molecule has 0 spiro atoms. The highest BCUT2D eigenvalue weighted by Crippen LogP contribution is 2.15. The lowest BCUT2D eigenvalue weighted by Crippen LogP contribution is -2.33. The quantitative estimate of drug-likeness (QED) is 0.0648. The van der Waals surface area contributed by atoms with Gasteiger partial charge >= 0.3 is 0 Å². The van der Waals surface area contributed by atoms with Gasteiger partial charge < -0.3 is 0 Å². The van der Waals surface area contributed by atoms with E-state index < -0.39 is 0 Å². The Morgan fingerprint density at radius 2 is 0.744 bits per heavy atom. The number of pyridine rings is 1. The fourth-order valence-corrected chi connectivity index (χ4v) is 6.05. The van der Waals surface area contributed by atoms with Crippen molar-refractivity contribution in [1.82, 2.24) is 0 Å². The molecule has 0 saturated carbocycles. The normalized spacial score (nSPS) is 11.4. The van der Waals surface area contributed by atoms with Crippen LogP contribution in [0.1, 0.15) is 206 Å². The third-order valence-corrected chi connectivity index (χ3v) is 8.76. The predicted octanol–water partition coefficient (Wildman–Crippen LogP) is 12.9. The second-order valence-corrected chi connectivity index (χ2v) is 12.7. The Hall–Kier alpha value is -0.850. The molecule has 0 unspecified atom stereocenters. The summed E-state index contributed by atoms with van der Waals surface area (Å²) in [4.78, 5) is 0. The zero-order valence-corrected chi connectivity index (χ0v) is 27.2. The molecule has 228 valence electrons. The van der Waals surface area contributed by atoms with Crippen LogP contribution in [0.15, 0.2) is 24.5 Å². The maximum absolute atomic E-state index is 2.44. The summed E-state index contributed by atoms with van der Waals surface area (Å²) in [5, 5.41) is 0. The number of aromatic nitrogens is 1. The average molecular weight is 543 g/mol. The van der Waals surface area contributed by atoms with E-state index >= 15 is 0 Å². The number of unbranched alkanes of at least 4 members (excludes halogenated alkanes) is 27. The van der Waals surface area contributed by atoms with E-state index in [-0.39, 0.29) is 0 Å². The summed E-state index contributed by atoms with van der Waals surface area (Å²) in [7, 11) is 0. The van der Waals surface area contributed by atoms with Gasteiger partial charge in [0.05, 0.1) is 0 Å². The van der Waals surface area contributed by atoms with Crippen LogP contribution in [-0.2, 0) is 13.0 Å². The Kier molecular flexibility index (Phi) is 27.9. The zero-order chi connectivity index (χ0) is 27.9. The number of rotatable bonds is 31. The predicted molar refractivity (Wildman–Crippen MR) is 176 cm³/mol. The topological polar surface area (TPSA) is 3.88 Å². The molecule has 0 amide bonds. The summed E-state index contributed by atoms with van der Waals surface area (Å²) < 4.78 is 2.44. The molecule has 1 heterocycles. The first-order valence-corrected chi connectivity index (χ1v) is 18.3. The third kappa shape index (κ3) is 25.8. The van der Waals surface area contributed by atoms with Crippen LogP contribution in [0.3, 0.4) is 0 Å². The summed E-state index contributed by atoms with van der Waals surface area (Å²) in [5.74, 6) is 0. The lowest BCUT2D eigenvalue weighted by Gasteiger charge is -2.04. The fraction of sp³-hybridized carbons (Fsp3) is 0.868. The van der Waals surface area contributed by atoms with Crippen LogP contribution in [-0.4, -0.2) is 0 Å². The smallest absolute Gasteiger partial charge is 0.171 e. The second-order valence-electron chi connectivity index (χ2n) is 12.7. The summed E-state index contributed by atoms with van der Waals surface area (Å²) in [6, 6.07) is 4.61. The van der Waals surface area contributed by atoms with Crippen molar-refractivity contribution < 1.29 is 4.57 Å². The molecule has 1 rings (SSSR count). The third-order valence-electron chi connectivity index (χ3n) is 8.76. The molecule has 0 radical (unpaired) electrons. The van der Waals surface area contributed by atoms with Crippen LogP contribution in [0.5, 0.6) is 0 Å². The standard InChI is InChI=1S/C38H72N/c1-3-5-7-9-11-13-15-17-18-19-20-22-24-26-28-30-33-38-34-32-36-39(37-38)35-31-29-27-25-23-21-16-14-12-10-8-6-4-2/h32,34,36-37H,3-31,33,35H2,1-2H3/q+1. The molecular formula is C38H72N+. The van der Waals surface area contributed by atoms with Crippen molar-refractivity contribution in [3.05, 3.63) is 30.1 Å². The molecule has 0 atom stereocenters. The maximum atomic E-state index is 2.44. The zero-order valence-electron chi connectivity index (χ0n) is 27.2. The van der Waals surface area contributed by atoms with Gasteiger partial charge in [-0.2, -0.15) is 0 Å². The molecule has 0 bridgehead atoms.